The zero-order valence-electron chi connectivity index (χ0n) is 19.4. The maximum Gasteiger partial charge on any atom is 0.244 e. The number of pyridine rings is 2. The van der Waals surface area contributed by atoms with Crippen molar-refractivity contribution in [1.29, 1.82) is 0 Å². The van der Waals surface area contributed by atoms with Crippen LogP contribution in [0.2, 0.25) is 0 Å². The molecule has 0 saturated heterocycles. The number of hydrogen-bond acceptors (Lipinski definition) is 8. The van der Waals surface area contributed by atoms with E-state index in [1.54, 1.807) is 24.3 Å². The molecule has 1 amide bonds. The molecule has 2 aromatic carbocycles. The largest absolute Gasteiger partial charge is 0.493 e. The molecule has 1 aliphatic heterocycles. The van der Waals surface area contributed by atoms with E-state index >= 15 is 0 Å². The second-order valence-corrected chi connectivity index (χ2v) is 7.91. The molecule has 10 heteroatoms. The van der Waals surface area contributed by atoms with Crippen LogP contribution in [0.3, 0.4) is 0 Å². The van der Waals surface area contributed by atoms with Gasteiger partial charge in [-0.05, 0) is 30.3 Å². The predicted octanol–water partition coefficient (Wildman–Crippen LogP) is 3.01. The van der Waals surface area contributed by atoms with Crippen molar-refractivity contribution in [3.8, 4) is 23.0 Å². The third-order valence-corrected chi connectivity index (χ3v) is 5.74. The van der Waals surface area contributed by atoms with Gasteiger partial charge in [0.25, 0.3) is 0 Å². The van der Waals surface area contributed by atoms with Crippen LogP contribution < -0.4 is 29.7 Å². The van der Waals surface area contributed by atoms with E-state index in [-0.39, 0.29) is 30.2 Å². The Kier molecular flexibility index (Phi) is 5.99. The van der Waals surface area contributed by atoms with Gasteiger partial charge >= 0.3 is 0 Å². The number of methoxy groups -OCH3 is 2. The minimum Gasteiger partial charge on any atom is -0.493 e. The molecular weight excluding hydrogens is 466 g/mol. The van der Waals surface area contributed by atoms with Gasteiger partial charge < -0.3 is 28.8 Å². The van der Waals surface area contributed by atoms with Crippen LogP contribution in [0.5, 0.6) is 23.0 Å². The van der Waals surface area contributed by atoms with Crippen molar-refractivity contribution < 1.29 is 28.5 Å². The zero-order valence-corrected chi connectivity index (χ0v) is 19.4. The molecule has 5 rings (SSSR count). The lowest BCUT2D eigenvalue weighted by Crippen LogP contribution is -2.24. The van der Waals surface area contributed by atoms with Crippen LogP contribution in [0.4, 0.5) is 5.69 Å². The summed E-state index contributed by atoms with van der Waals surface area (Å²) >= 11 is 0. The average Bonchev–Trinajstić information content (AvgIpc) is 3.37. The lowest BCUT2D eigenvalue weighted by atomic mass is 10.0. The van der Waals surface area contributed by atoms with Crippen molar-refractivity contribution in [2.75, 3.05) is 26.3 Å². The molecule has 0 unspecified atom stereocenters. The fraction of sp³-hybridized carbons (Fsp3) is 0.154. The van der Waals surface area contributed by atoms with E-state index in [0.717, 1.165) is 0 Å². The van der Waals surface area contributed by atoms with Gasteiger partial charge in [0.1, 0.15) is 6.54 Å². The number of rotatable bonds is 7. The highest BCUT2D eigenvalue weighted by atomic mass is 16.7. The summed E-state index contributed by atoms with van der Waals surface area (Å²) < 4.78 is 22.9. The molecule has 0 radical (unpaired) electrons. The standard InChI is InChI=1S/C26H21N3O7/c1-33-21-10-17-19(11-22(21)34-2)29(12-18(26(17)32)25(31)15-5-7-27-8-6-15)13-24(30)28-16-3-4-20-23(9-16)36-14-35-20/h3-12H,13-14H2,1-2H3,(H,28,30). The Balaban J connectivity index is 1.57. The van der Waals surface area contributed by atoms with Crippen molar-refractivity contribution in [1.82, 2.24) is 9.55 Å². The summed E-state index contributed by atoms with van der Waals surface area (Å²) in [4.78, 5) is 43.5. The molecule has 0 atom stereocenters. The number of carbonyl (C=O) groups is 2. The second-order valence-electron chi connectivity index (χ2n) is 7.91. The number of nitrogens with one attached hydrogen (secondary N) is 1. The minimum absolute atomic E-state index is 0.0863. The van der Waals surface area contributed by atoms with Crippen LogP contribution in [-0.2, 0) is 11.3 Å². The molecule has 0 bridgehead atoms. The predicted molar refractivity (Wildman–Crippen MR) is 130 cm³/mol. The van der Waals surface area contributed by atoms with Gasteiger partial charge in [0, 0.05) is 42.0 Å². The molecule has 36 heavy (non-hydrogen) atoms. The van der Waals surface area contributed by atoms with Gasteiger partial charge in [0.15, 0.2) is 28.8 Å². The zero-order chi connectivity index (χ0) is 25.2. The lowest BCUT2D eigenvalue weighted by molar-refractivity contribution is -0.116. The number of benzene rings is 2. The van der Waals surface area contributed by atoms with Crippen molar-refractivity contribution in [3.63, 3.8) is 0 Å². The summed E-state index contributed by atoms with van der Waals surface area (Å²) in [7, 11) is 2.92. The Labute approximate surface area is 205 Å². The van der Waals surface area contributed by atoms with E-state index in [4.69, 9.17) is 18.9 Å². The Bertz CT molecular complexity index is 1550. The summed E-state index contributed by atoms with van der Waals surface area (Å²) in [6.45, 7) is -0.0625. The van der Waals surface area contributed by atoms with Crippen LogP contribution >= 0.6 is 0 Å². The number of amides is 1. The van der Waals surface area contributed by atoms with Gasteiger partial charge in [0.2, 0.25) is 18.1 Å². The Morgan fingerprint density at radius 2 is 1.72 bits per heavy atom. The quantitative estimate of drug-likeness (QED) is 0.395. The van der Waals surface area contributed by atoms with Gasteiger partial charge in [-0.25, -0.2) is 0 Å². The van der Waals surface area contributed by atoms with E-state index in [1.807, 2.05) is 0 Å². The first-order valence-electron chi connectivity index (χ1n) is 10.9. The molecule has 0 aliphatic carbocycles. The van der Waals surface area contributed by atoms with Crippen LogP contribution in [0, 0.1) is 0 Å². The molecule has 10 nitrogen and oxygen atoms in total. The Morgan fingerprint density at radius 3 is 2.47 bits per heavy atom. The van der Waals surface area contributed by atoms with Crippen molar-refractivity contribution in [3.05, 3.63) is 82.4 Å². The molecule has 182 valence electrons. The molecule has 0 saturated carbocycles. The van der Waals surface area contributed by atoms with Crippen molar-refractivity contribution >= 4 is 28.3 Å². The molecule has 4 aromatic rings. The summed E-state index contributed by atoms with van der Waals surface area (Å²) in [6, 6.07) is 11.2. The van der Waals surface area contributed by atoms with Crippen molar-refractivity contribution in [2.24, 2.45) is 0 Å². The molecule has 0 spiro atoms. The van der Waals surface area contributed by atoms with Crippen LogP contribution in [0.15, 0.2) is 65.8 Å². The summed E-state index contributed by atoms with van der Waals surface area (Å²) in [6.07, 6.45) is 4.33. The van der Waals surface area contributed by atoms with Gasteiger partial charge in [-0.3, -0.25) is 19.4 Å². The highest BCUT2D eigenvalue weighted by Gasteiger charge is 2.21. The fourth-order valence-electron chi connectivity index (χ4n) is 4.00. The van der Waals surface area contributed by atoms with E-state index < -0.39 is 11.2 Å². The van der Waals surface area contributed by atoms with E-state index in [9.17, 15) is 14.4 Å². The molecule has 1 N–H and O–H groups in total. The molecular formula is C26H21N3O7. The summed E-state index contributed by atoms with van der Waals surface area (Å²) in [5.74, 6) is 0.970. The average molecular weight is 487 g/mol. The molecule has 0 fully saturated rings. The van der Waals surface area contributed by atoms with Crippen LogP contribution in [-0.4, -0.2) is 42.3 Å². The first-order valence-corrected chi connectivity index (χ1v) is 10.9. The lowest BCUT2D eigenvalue weighted by Gasteiger charge is -2.16. The monoisotopic (exact) mass is 487 g/mol. The topological polar surface area (TPSA) is 118 Å². The number of fused-ring (bicyclic) bond motifs is 2. The van der Waals surface area contributed by atoms with Gasteiger partial charge in [-0.2, -0.15) is 0 Å². The number of nitrogens with zero attached hydrogens (tertiary/aromatic N) is 2. The highest BCUT2D eigenvalue weighted by Crippen LogP contribution is 2.34. The summed E-state index contributed by atoms with van der Waals surface area (Å²) in [5.41, 5.74) is 0.655. The third kappa shape index (κ3) is 4.20. The number of ether oxygens (including phenoxy) is 4. The smallest absolute Gasteiger partial charge is 0.244 e. The maximum absolute atomic E-state index is 13.4. The van der Waals surface area contributed by atoms with Crippen LogP contribution in [0.25, 0.3) is 10.9 Å². The number of ketones is 1. The Morgan fingerprint density at radius 1 is 1.00 bits per heavy atom. The first-order chi connectivity index (χ1) is 17.5. The SMILES string of the molecule is COc1cc2c(=O)c(C(=O)c3ccncc3)cn(CC(=O)Nc3ccc4c(c3)OCO4)c2cc1OC. The highest BCUT2D eigenvalue weighted by molar-refractivity contribution is 6.10. The number of aromatic nitrogens is 2. The van der Waals surface area contributed by atoms with E-state index in [0.29, 0.717) is 39.8 Å². The van der Waals surface area contributed by atoms with E-state index in [1.165, 1.54) is 55.6 Å². The maximum atomic E-state index is 13.4. The summed E-state index contributed by atoms with van der Waals surface area (Å²) in [5, 5.41) is 3.02. The number of anilines is 1. The first kappa shape index (κ1) is 22.9. The third-order valence-electron chi connectivity index (χ3n) is 5.74. The van der Waals surface area contributed by atoms with Crippen LogP contribution in [0.1, 0.15) is 15.9 Å². The molecule has 2 aromatic heterocycles. The number of carbonyl (C=O) groups excluding carboxylic acids is 2. The normalized spacial score (nSPS) is 11.8. The number of hydrogen-bond donors (Lipinski definition) is 1. The van der Waals surface area contributed by atoms with Gasteiger partial charge in [-0.1, -0.05) is 0 Å². The minimum atomic E-state index is -0.486. The molecule has 3 heterocycles. The fourth-order valence-corrected chi connectivity index (χ4v) is 4.00. The Hall–Kier alpha value is -4.86. The van der Waals surface area contributed by atoms with Gasteiger partial charge in [0.05, 0.1) is 30.7 Å². The molecule has 1 aliphatic rings. The second kappa shape index (κ2) is 9.41. The van der Waals surface area contributed by atoms with E-state index in [2.05, 4.69) is 10.3 Å². The van der Waals surface area contributed by atoms with Crippen molar-refractivity contribution in [2.45, 2.75) is 6.54 Å². The van der Waals surface area contributed by atoms with Gasteiger partial charge in [-0.15, -0.1) is 0 Å².